The number of nitrogens with one attached hydrogen (secondary N) is 1. The van der Waals surface area contributed by atoms with Gasteiger partial charge in [0.25, 0.3) is 0 Å². The quantitative estimate of drug-likeness (QED) is 0.509. The third-order valence-electron chi connectivity index (χ3n) is 2.80. The Balaban J connectivity index is 1.82. The maximum Gasteiger partial charge on any atom is 0.330 e. The second-order valence-electron chi connectivity index (χ2n) is 4.52. The van der Waals surface area contributed by atoms with Gasteiger partial charge in [0.15, 0.2) is 0 Å². The Kier molecular flexibility index (Phi) is 5.20. The summed E-state index contributed by atoms with van der Waals surface area (Å²) in [6.45, 7) is 0. The number of aromatic amines is 1. The lowest BCUT2D eigenvalue weighted by atomic mass is 10.2. The maximum atomic E-state index is 11.7. The average molecular weight is 308 g/mol. The summed E-state index contributed by atoms with van der Waals surface area (Å²) in [4.78, 5) is 31.1. The standard InChI is InChI=1S/C13H16N4O3S/c14-10(4-8-6-16-7-17-8)12(18)20-13(19)11(15)5-9-2-1-3-21-9/h1-3,6-7,10-11H,4-5,14-15H2,(H,16,17)/t10-,11-/m0/s1. The molecule has 0 aliphatic heterocycles. The third-order valence-corrected chi connectivity index (χ3v) is 3.70. The molecule has 0 saturated carbocycles. The Labute approximate surface area is 125 Å². The fourth-order valence-corrected chi connectivity index (χ4v) is 2.46. The van der Waals surface area contributed by atoms with Gasteiger partial charge in [-0.2, -0.15) is 0 Å². The van der Waals surface area contributed by atoms with Crippen LogP contribution < -0.4 is 11.5 Å². The second-order valence-corrected chi connectivity index (χ2v) is 5.55. The first kappa shape index (κ1) is 15.4. The van der Waals surface area contributed by atoms with E-state index in [1.54, 1.807) is 6.20 Å². The molecule has 0 saturated heterocycles. The van der Waals surface area contributed by atoms with Gasteiger partial charge in [0.2, 0.25) is 0 Å². The molecule has 0 aromatic carbocycles. The zero-order chi connectivity index (χ0) is 15.2. The lowest BCUT2D eigenvalue weighted by Crippen LogP contribution is -2.41. The summed E-state index contributed by atoms with van der Waals surface area (Å²) in [6.07, 6.45) is 3.58. The van der Waals surface area contributed by atoms with Crippen LogP contribution in [0.3, 0.4) is 0 Å². The van der Waals surface area contributed by atoms with Crippen molar-refractivity contribution in [1.29, 1.82) is 0 Å². The minimum Gasteiger partial charge on any atom is -0.391 e. The van der Waals surface area contributed by atoms with E-state index in [-0.39, 0.29) is 6.42 Å². The number of esters is 2. The predicted molar refractivity (Wildman–Crippen MR) is 77.4 cm³/mol. The normalized spacial score (nSPS) is 13.6. The number of aromatic nitrogens is 2. The van der Waals surface area contributed by atoms with Gasteiger partial charge in [0.1, 0.15) is 12.1 Å². The van der Waals surface area contributed by atoms with Crippen LogP contribution in [0.4, 0.5) is 0 Å². The van der Waals surface area contributed by atoms with Crippen molar-refractivity contribution < 1.29 is 14.3 Å². The number of carbonyl (C=O) groups is 2. The fourth-order valence-electron chi connectivity index (χ4n) is 1.70. The molecule has 2 aromatic rings. The van der Waals surface area contributed by atoms with E-state index in [0.717, 1.165) is 4.88 Å². The number of nitrogens with zero attached hydrogens (tertiary/aromatic N) is 1. The molecule has 0 radical (unpaired) electrons. The summed E-state index contributed by atoms with van der Waals surface area (Å²) < 4.78 is 4.71. The molecule has 0 aliphatic carbocycles. The summed E-state index contributed by atoms with van der Waals surface area (Å²) in [5.41, 5.74) is 12.1. The first-order chi connectivity index (χ1) is 10.1. The van der Waals surface area contributed by atoms with Crippen molar-refractivity contribution in [2.24, 2.45) is 11.5 Å². The van der Waals surface area contributed by atoms with E-state index >= 15 is 0 Å². The highest BCUT2D eigenvalue weighted by atomic mass is 32.1. The highest BCUT2D eigenvalue weighted by Crippen LogP contribution is 2.11. The van der Waals surface area contributed by atoms with Gasteiger partial charge in [-0.25, -0.2) is 14.6 Å². The molecule has 2 heterocycles. The number of carbonyl (C=O) groups excluding carboxylic acids is 2. The Morgan fingerprint density at radius 3 is 2.57 bits per heavy atom. The van der Waals surface area contributed by atoms with E-state index in [2.05, 4.69) is 9.97 Å². The van der Waals surface area contributed by atoms with Crippen molar-refractivity contribution >= 4 is 23.3 Å². The highest BCUT2D eigenvalue weighted by molar-refractivity contribution is 7.09. The van der Waals surface area contributed by atoms with Gasteiger partial charge in [0.05, 0.1) is 6.33 Å². The van der Waals surface area contributed by atoms with Crippen LogP contribution >= 0.6 is 11.3 Å². The van der Waals surface area contributed by atoms with Crippen molar-refractivity contribution in [2.75, 3.05) is 0 Å². The van der Waals surface area contributed by atoms with E-state index < -0.39 is 24.0 Å². The number of ether oxygens (including phenoxy) is 1. The zero-order valence-electron chi connectivity index (χ0n) is 11.2. The van der Waals surface area contributed by atoms with Gasteiger partial charge in [-0.1, -0.05) is 6.07 Å². The summed E-state index contributed by atoms with van der Waals surface area (Å²) in [5.74, 6) is -1.57. The van der Waals surface area contributed by atoms with Crippen molar-refractivity contribution in [3.05, 3.63) is 40.6 Å². The number of hydrogen-bond acceptors (Lipinski definition) is 7. The molecule has 7 nitrogen and oxygen atoms in total. The third kappa shape index (κ3) is 4.48. The van der Waals surface area contributed by atoms with Crippen LogP contribution in [0.2, 0.25) is 0 Å². The van der Waals surface area contributed by atoms with E-state index in [0.29, 0.717) is 12.1 Å². The van der Waals surface area contributed by atoms with Gasteiger partial charge in [0, 0.05) is 29.6 Å². The van der Waals surface area contributed by atoms with Crippen LogP contribution in [0.1, 0.15) is 10.6 Å². The second kappa shape index (κ2) is 7.11. The van der Waals surface area contributed by atoms with Crippen molar-refractivity contribution in [1.82, 2.24) is 9.97 Å². The van der Waals surface area contributed by atoms with Crippen LogP contribution in [0.15, 0.2) is 30.0 Å². The molecule has 0 bridgehead atoms. The van der Waals surface area contributed by atoms with Gasteiger partial charge in [-0.15, -0.1) is 11.3 Å². The van der Waals surface area contributed by atoms with Gasteiger partial charge in [-0.3, -0.25) is 0 Å². The fraction of sp³-hybridized carbons (Fsp3) is 0.308. The molecule has 8 heteroatoms. The minimum atomic E-state index is -0.941. The Bertz CT molecular complexity index is 530. The molecule has 2 aromatic heterocycles. The van der Waals surface area contributed by atoms with Crippen LogP contribution in [-0.2, 0) is 27.2 Å². The molecule has 0 aliphatic rings. The van der Waals surface area contributed by atoms with Crippen LogP contribution in [-0.4, -0.2) is 34.0 Å². The first-order valence-corrected chi connectivity index (χ1v) is 7.20. The SMILES string of the molecule is N[C@@H](Cc1cnc[nH]1)C(=O)OC(=O)[C@@H](N)Cc1cccs1. The number of H-pyrrole nitrogens is 1. The Morgan fingerprint density at radius 1 is 1.29 bits per heavy atom. The van der Waals surface area contributed by atoms with Crippen LogP contribution in [0, 0.1) is 0 Å². The smallest absolute Gasteiger partial charge is 0.330 e. The topological polar surface area (TPSA) is 124 Å². The molecule has 2 rings (SSSR count). The van der Waals surface area contributed by atoms with E-state index in [1.807, 2.05) is 17.5 Å². The molecule has 0 spiro atoms. The Hall–Kier alpha value is -2.03. The molecule has 2 atom stereocenters. The van der Waals surface area contributed by atoms with Gasteiger partial charge in [-0.05, 0) is 11.4 Å². The molecule has 21 heavy (non-hydrogen) atoms. The monoisotopic (exact) mass is 308 g/mol. The molecule has 0 unspecified atom stereocenters. The summed E-state index contributed by atoms with van der Waals surface area (Å²) in [5, 5.41) is 1.89. The highest BCUT2D eigenvalue weighted by Gasteiger charge is 2.24. The zero-order valence-corrected chi connectivity index (χ0v) is 12.0. The number of hydrogen-bond donors (Lipinski definition) is 3. The van der Waals surface area contributed by atoms with Crippen molar-refractivity contribution in [3.8, 4) is 0 Å². The number of rotatable bonds is 6. The predicted octanol–water partition coefficient (Wildman–Crippen LogP) is -0.0192. The number of nitrogens with two attached hydrogens (primary N) is 2. The summed E-state index contributed by atoms with van der Waals surface area (Å²) >= 11 is 1.49. The van der Waals surface area contributed by atoms with Crippen LogP contribution in [0.25, 0.3) is 0 Å². The first-order valence-electron chi connectivity index (χ1n) is 6.32. The molecular formula is C13H16N4O3S. The lowest BCUT2D eigenvalue weighted by molar-refractivity contribution is -0.161. The average Bonchev–Trinajstić information content (AvgIpc) is 3.11. The van der Waals surface area contributed by atoms with E-state index in [1.165, 1.54) is 17.7 Å². The minimum absolute atomic E-state index is 0.215. The van der Waals surface area contributed by atoms with Crippen molar-refractivity contribution in [3.63, 3.8) is 0 Å². The van der Waals surface area contributed by atoms with E-state index in [9.17, 15) is 9.59 Å². The van der Waals surface area contributed by atoms with Crippen molar-refractivity contribution in [2.45, 2.75) is 24.9 Å². The summed E-state index contributed by atoms with van der Waals surface area (Å²) in [7, 11) is 0. The van der Waals surface area contributed by atoms with Gasteiger partial charge >= 0.3 is 11.9 Å². The molecule has 0 amide bonds. The summed E-state index contributed by atoms with van der Waals surface area (Å²) in [6, 6.07) is 1.91. The molecular weight excluding hydrogens is 292 g/mol. The molecule has 0 fully saturated rings. The molecule has 5 N–H and O–H groups in total. The maximum absolute atomic E-state index is 11.7. The van der Waals surface area contributed by atoms with Gasteiger partial charge < -0.3 is 21.2 Å². The number of thiophene rings is 1. The lowest BCUT2D eigenvalue weighted by Gasteiger charge is -2.12. The largest absolute Gasteiger partial charge is 0.391 e. The van der Waals surface area contributed by atoms with Crippen LogP contribution in [0.5, 0.6) is 0 Å². The van der Waals surface area contributed by atoms with E-state index in [4.69, 9.17) is 16.2 Å². The Morgan fingerprint density at radius 2 is 2.00 bits per heavy atom. The molecule has 112 valence electrons. The number of imidazole rings is 1.